The van der Waals surface area contributed by atoms with Gasteiger partial charge in [0.2, 0.25) is 15.9 Å². The van der Waals surface area contributed by atoms with Crippen LogP contribution in [-0.2, 0) is 27.8 Å². The molecule has 2 aliphatic rings. The molecule has 2 aromatic rings. The zero-order valence-corrected chi connectivity index (χ0v) is 15.6. The number of hydrogen-bond donors (Lipinski definition) is 0. The molecule has 0 N–H and O–H groups in total. The van der Waals surface area contributed by atoms with E-state index >= 15 is 0 Å². The normalized spacial score (nSPS) is 23.2. The zero-order valence-electron chi connectivity index (χ0n) is 14.8. The molecule has 0 unspecified atom stereocenters. The lowest BCUT2D eigenvalue weighted by Crippen LogP contribution is -2.49. The van der Waals surface area contributed by atoms with E-state index in [4.69, 9.17) is 0 Å². The monoisotopic (exact) mass is 388 g/mol. The van der Waals surface area contributed by atoms with Gasteiger partial charge in [0.15, 0.2) is 0 Å². The zero-order chi connectivity index (χ0) is 19.0. The van der Waals surface area contributed by atoms with Crippen molar-refractivity contribution >= 4 is 15.9 Å². The maximum Gasteiger partial charge on any atom is 0.243 e. The van der Waals surface area contributed by atoms with E-state index in [1.54, 1.807) is 23.1 Å². The highest BCUT2D eigenvalue weighted by atomic mass is 32.2. The fourth-order valence-corrected chi connectivity index (χ4v) is 5.51. The summed E-state index contributed by atoms with van der Waals surface area (Å²) in [5, 5.41) is 0. The highest BCUT2D eigenvalue weighted by Gasteiger charge is 2.45. The summed E-state index contributed by atoms with van der Waals surface area (Å²) in [7, 11) is -3.92. The summed E-state index contributed by atoms with van der Waals surface area (Å²) in [4.78, 5) is 14.8. The van der Waals surface area contributed by atoms with Gasteiger partial charge in [-0.05, 0) is 29.7 Å². The Morgan fingerprint density at radius 1 is 1.00 bits per heavy atom. The minimum Gasteiger partial charge on any atom is -0.337 e. The van der Waals surface area contributed by atoms with E-state index in [9.17, 15) is 17.6 Å². The minimum atomic E-state index is -3.92. The molecule has 0 spiro atoms. The van der Waals surface area contributed by atoms with Crippen LogP contribution in [0, 0.1) is 0 Å². The molecule has 142 valence electrons. The Labute approximate surface area is 158 Å². The molecular formula is C20H21FN2O3S. The second kappa shape index (κ2) is 7.05. The molecular weight excluding hydrogens is 367 g/mol. The molecule has 0 aromatic heterocycles. The maximum absolute atomic E-state index is 14.2. The minimum absolute atomic E-state index is 0.0842. The number of sulfonamides is 1. The Morgan fingerprint density at radius 2 is 1.67 bits per heavy atom. The van der Waals surface area contributed by atoms with Crippen LogP contribution in [0.4, 0.5) is 4.39 Å². The van der Waals surface area contributed by atoms with Gasteiger partial charge in [0.1, 0.15) is 12.2 Å². The summed E-state index contributed by atoms with van der Waals surface area (Å²) in [6, 6.07) is 14.8. The molecule has 0 radical (unpaired) electrons. The van der Waals surface area contributed by atoms with Gasteiger partial charge in [-0.15, -0.1) is 0 Å². The molecule has 7 heteroatoms. The Kier molecular flexibility index (Phi) is 4.74. The van der Waals surface area contributed by atoms with Gasteiger partial charge >= 0.3 is 0 Å². The van der Waals surface area contributed by atoms with Crippen molar-refractivity contribution in [3.8, 4) is 0 Å². The highest BCUT2D eigenvalue weighted by molar-refractivity contribution is 7.89. The van der Waals surface area contributed by atoms with Crippen LogP contribution in [0.2, 0.25) is 0 Å². The summed E-state index contributed by atoms with van der Waals surface area (Å²) in [5.41, 5.74) is 2.26. The average molecular weight is 388 g/mol. The van der Waals surface area contributed by atoms with Gasteiger partial charge in [-0.2, -0.15) is 4.31 Å². The molecule has 2 heterocycles. The van der Waals surface area contributed by atoms with Gasteiger partial charge < -0.3 is 4.90 Å². The lowest BCUT2D eigenvalue weighted by atomic mass is 9.99. The van der Waals surface area contributed by atoms with Crippen LogP contribution in [0.5, 0.6) is 0 Å². The number of halogens is 1. The van der Waals surface area contributed by atoms with E-state index in [0.717, 1.165) is 16.3 Å². The molecule has 0 saturated carbocycles. The first kappa shape index (κ1) is 18.1. The van der Waals surface area contributed by atoms with E-state index < -0.39 is 22.2 Å². The van der Waals surface area contributed by atoms with Crippen molar-refractivity contribution in [1.82, 2.24) is 9.21 Å². The van der Waals surface area contributed by atoms with Gasteiger partial charge in [-0.25, -0.2) is 12.8 Å². The largest absolute Gasteiger partial charge is 0.337 e. The number of amides is 1. The van der Waals surface area contributed by atoms with Crippen LogP contribution in [0.25, 0.3) is 0 Å². The second-order valence-electron chi connectivity index (χ2n) is 7.02. The molecule has 2 atom stereocenters. The summed E-state index contributed by atoms with van der Waals surface area (Å²) >= 11 is 0. The maximum atomic E-state index is 14.2. The number of rotatable bonds is 3. The van der Waals surface area contributed by atoms with E-state index in [1.807, 2.05) is 24.3 Å². The lowest BCUT2D eigenvalue weighted by Gasteiger charge is -2.33. The Morgan fingerprint density at radius 3 is 2.41 bits per heavy atom. The summed E-state index contributed by atoms with van der Waals surface area (Å²) < 4.78 is 41.1. The summed E-state index contributed by atoms with van der Waals surface area (Å²) in [6.45, 7) is 0.669. The predicted molar refractivity (Wildman–Crippen MR) is 99.2 cm³/mol. The number of hydrogen-bond acceptors (Lipinski definition) is 3. The van der Waals surface area contributed by atoms with Crippen LogP contribution in [0.3, 0.4) is 0 Å². The standard InChI is InChI=1S/C20H21FN2O3S/c21-17-12-19(23(14-17)27(25,26)18-8-2-1-3-9-18)20(24)22-11-10-15-6-4-5-7-16(15)13-22/h1-9,17,19H,10-14H2/t17-,19-/m0/s1. The summed E-state index contributed by atoms with van der Waals surface area (Å²) in [6.07, 6.45) is -0.711. The highest BCUT2D eigenvalue weighted by Crippen LogP contribution is 2.30. The molecule has 5 nitrogen and oxygen atoms in total. The Balaban J connectivity index is 1.59. The Hall–Kier alpha value is -2.25. The van der Waals surface area contributed by atoms with E-state index in [-0.39, 0.29) is 23.8 Å². The van der Waals surface area contributed by atoms with Crippen LogP contribution in [0.15, 0.2) is 59.5 Å². The molecule has 1 fully saturated rings. The van der Waals surface area contributed by atoms with Gasteiger partial charge in [0.05, 0.1) is 4.90 Å². The smallest absolute Gasteiger partial charge is 0.243 e. The van der Waals surface area contributed by atoms with Crippen LogP contribution >= 0.6 is 0 Å². The van der Waals surface area contributed by atoms with Crippen molar-refractivity contribution in [3.05, 3.63) is 65.7 Å². The number of carbonyl (C=O) groups excluding carboxylic acids is 1. The van der Waals surface area contributed by atoms with Crippen LogP contribution in [0.1, 0.15) is 17.5 Å². The molecule has 0 aliphatic carbocycles. The Bertz CT molecular complexity index is 949. The summed E-state index contributed by atoms with van der Waals surface area (Å²) in [5.74, 6) is -0.316. The first-order chi connectivity index (χ1) is 13.0. The van der Waals surface area contributed by atoms with Crippen molar-refractivity contribution in [3.63, 3.8) is 0 Å². The third-order valence-electron chi connectivity index (χ3n) is 5.28. The molecule has 2 aromatic carbocycles. The van der Waals surface area contributed by atoms with E-state index in [2.05, 4.69) is 0 Å². The first-order valence-electron chi connectivity index (χ1n) is 9.03. The van der Waals surface area contributed by atoms with Crippen molar-refractivity contribution in [2.24, 2.45) is 0 Å². The van der Waals surface area contributed by atoms with Crippen molar-refractivity contribution < 1.29 is 17.6 Å². The van der Waals surface area contributed by atoms with E-state index in [0.29, 0.717) is 13.1 Å². The number of alkyl halides is 1. The third kappa shape index (κ3) is 3.37. The fourth-order valence-electron chi connectivity index (χ4n) is 3.87. The van der Waals surface area contributed by atoms with Crippen molar-refractivity contribution in [2.45, 2.75) is 36.5 Å². The molecule has 1 saturated heterocycles. The lowest BCUT2D eigenvalue weighted by molar-refractivity contribution is -0.135. The van der Waals surface area contributed by atoms with Crippen molar-refractivity contribution in [1.29, 1.82) is 0 Å². The van der Waals surface area contributed by atoms with Gasteiger partial charge in [0, 0.05) is 26.1 Å². The topological polar surface area (TPSA) is 57.7 Å². The van der Waals surface area contributed by atoms with Gasteiger partial charge in [-0.3, -0.25) is 4.79 Å². The average Bonchev–Trinajstić information content (AvgIpc) is 3.10. The molecule has 27 heavy (non-hydrogen) atoms. The first-order valence-corrected chi connectivity index (χ1v) is 10.5. The van der Waals surface area contributed by atoms with Gasteiger partial charge in [-0.1, -0.05) is 42.5 Å². The van der Waals surface area contributed by atoms with Crippen molar-refractivity contribution in [2.75, 3.05) is 13.1 Å². The number of carbonyl (C=O) groups is 1. The van der Waals surface area contributed by atoms with Crippen LogP contribution in [-0.4, -0.2) is 48.8 Å². The number of fused-ring (bicyclic) bond motifs is 1. The SMILES string of the molecule is O=C([C@@H]1C[C@H](F)CN1S(=O)(=O)c1ccccc1)N1CCc2ccccc2C1. The third-order valence-corrected chi connectivity index (χ3v) is 7.17. The number of benzene rings is 2. The molecule has 0 bridgehead atoms. The number of nitrogens with zero attached hydrogens (tertiary/aromatic N) is 2. The molecule has 1 amide bonds. The quantitative estimate of drug-likeness (QED) is 0.811. The van der Waals surface area contributed by atoms with E-state index in [1.165, 1.54) is 17.7 Å². The predicted octanol–water partition coefficient (Wildman–Crippen LogP) is 2.37. The molecule has 2 aliphatic heterocycles. The van der Waals surface area contributed by atoms with Gasteiger partial charge in [0.25, 0.3) is 0 Å². The molecule has 4 rings (SSSR count). The fraction of sp³-hybridized carbons (Fsp3) is 0.350. The second-order valence-corrected chi connectivity index (χ2v) is 8.91. The van der Waals surface area contributed by atoms with Crippen LogP contribution < -0.4 is 0 Å².